The summed E-state index contributed by atoms with van der Waals surface area (Å²) in [7, 11) is 2.05. The normalized spacial score (nSPS) is 11.5. The standard InChI is InChI=1S/C14H27N5/c1-6-7-19(5)13-8-12(17-11(2)18-13)16-10-14(3,4)9-15/h8H,6-7,9-10,15H2,1-5H3,(H,16,17,18). The van der Waals surface area contributed by atoms with Crippen LogP contribution in [0.3, 0.4) is 0 Å². The molecule has 1 aromatic heterocycles. The maximum absolute atomic E-state index is 5.74. The van der Waals surface area contributed by atoms with Crippen LogP contribution >= 0.6 is 0 Å². The molecule has 0 bridgehead atoms. The van der Waals surface area contributed by atoms with Crippen molar-refractivity contribution in [3.05, 3.63) is 11.9 Å². The molecule has 0 radical (unpaired) electrons. The summed E-state index contributed by atoms with van der Waals surface area (Å²) < 4.78 is 0. The van der Waals surface area contributed by atoms with Gasteiger partial charge in [-0.3, -0.25) is 0 Å². The minimum Gasteiger partial charge on any atom is -0.369 e. The van der Waals surface area contributed by atoms with Crippen molar-refractivity contribution in [2.45, 2.75) is 34.1 Å². The summed E-state index contributed by atoms with van der Waals surface area (Å²) in [5.41, 5.74) is 5.80. The molecule has 0 atom stereocenters. The number of rotatable bonds is 7. The molecule has 5 heteroatoms. The van der Waals surface area contributed by atoms with E-state index < -0.39 is 0 Å². The number of hydrogen-bond donors (Lipinski definition) is 2. The second-order valence-electron chi connectivity index (χ2n) is 5.80. The summed E-state index contributed by atoms with van der Waals surface area (Å²) in [6.07, 6.45) is 1.10. The van der Waals surface area contributed by atoms with Gasteiger partial charge in [-0.15, -0.1) is 0 Å². The lowest BCUT2D eigenvalue weighted by atomic mass is 9.94. The maximum Gasteiger partial charge on any atom is 0.134 e. The van der Waals surface area contributed by atoms with Crippen LogP contribution in [0.2, 0.25) is 0 Å². The van der Waals surface area contributed by atoms with E-state index in [0.29, 0.717) is 6.54 Å². The third kappa shape index (κ3) is 5.03. The van der Waals surface area contributed by atoms with Gasteiger partial charge in [-0.1, -0.05) is 20.8 Å². The molecule has 0 saturated carbocycles. The van der Waals surface area contributed by atoms with E-state index in [0.717, 1.165) is 37.0 Å². The van der Waals surface area contributed by atoms with Gasteiger partial charge in [0.05, 0.1) is 0 Å². The van der Waals surface area contributed by atoms with Gasteiger partial charge in [-0.25, -0.2) is 9.97 Å². The Kier molecular flexibility index (Phi) is 5.54. The van der Waals surface area contributed by atoms with Crippen LogP contribution in [0, 0.1) is 12.3 Å². The molecular formula is C14H27N5. The first-order chi connectivity index (χ1) is 8.88. The van der Waals surface area contributed by atoms with Crippen molar-refractivity contribution in [1.29, 1.82) is 0 Å². The fraction of sp³-hybridized carbons (Fsp3) is 0.714. The van der Waals surface area contributed by atoms with Crippen molar-refractivity contribution < 1.29 is 0 Å². The lowest BCUT2D eigenvalue weighted by Gasteiger charge is -2.24. The van der Waals surface area contributed by atoms with E-state index in [1.165, 1.54) is 0 Å². The monoisotopic (exact) mass is 265 g/mol. The maximum atomic E-state index is 5.74. The average molecular weight is 265 g/mol. The number of nitrogens with one attached hydrogen (secondary N) is 1. The SMILES string of the molecule is CCCN(C)c1cc(NCC(C)(C)CN)nc(C)n1. The topological polar surface area (TPSA) is 67.1 Å². The van der Waals surface area contributed by atoms with Crippen LogP contribution in [0.25, 0.3) is 0 Å². The first kappa shape index (κ1) is 15.7. The second kappa shape index (κ2) is 6.70. The molecule has 0 aliphatic heterocycles. The highest BCUT2D eigenvalue weighted by atomic mass is 15.2. The molecule has 0 unspecified atom stereocenters. The second-order valence-corrected chi connectivity index (χ2v) is 5.80. The van der Waals surface area contributed by atoms with E-state index in [9.17, 15) is 0 Å². The molecule has 1 heterocycles. The summed E-state index contributed by atoms with van der Waals surface area (Å²) in [4.78, 5) is 11.0. The first-order valence-corrected chi connectivity index (χ1v) is 6.88. The Morgan fingerprint density at radius 2 is 2.05 bits per heavy atom. The molecule has 0 aliphatic carbocycles. The molecule has 19 heavy (non-hydrogen) atoms. The van der Waals surface area contributed by atoms with Crippen LogP contribution in [0.15, 0.2) is 6.07 Å². The Balaban J connectivity index is 2.79. The largest absolute Gasteiger partial charge is 0.369 e. The van der Waals surface area contributed by atoms with E-state index in [1.54, 1.807) is 0 Å². The molecule has 1 aromatic rings. The van der Waals surface area contributed by atoms with E-state index >= 15 is 0 Å². The number of hydrogen-bond acceptors (Lipinski definition) is 5. The predicted octanol–water partition coefficient (Wildman–Crippen LogP) is 2.03. The molecule has 1 rings (SSSR count). The summed E-state index contributed by atoms with van der Waals surface area (Å²) in [6.45, 7) is 10.8. The number of anilines is 2. The lowest BCUT2D eigenvalue weighted by molar-refractivity contribution is 0.405. The van der Waals surface area contributed by atoms with Gasteiger partial charge in [-0.2, -0.15) is 0 Å². The average Bonchev–Trinajstić information content (AvgIpc) is 2.36. The zero-order chi connectivity index (χ0) is 14.5. The minimum absolute atomic E-state index is 0.0638. The number of aromatic nitrogens is 2. The van der Waals surface area contributed by atoms with Crippen molar-refractivity contribution in [2.24, 2.45) is 11.1 Å². The highest BCUT2D eigenvalue weighted by molar-refractivity contribution is 5.49. The summed E-state index contributed by atoms with van der Waals surface area (Å²) in [6, 6.07) is 2.00. The third-order valence-corrected chi connectivity index (χ3v) is 3.08. The van der Waals surface area contributed by atoms with E-state index in [2.05, 4.69) is 48.0 Å². The zero-order valence-electron chi connectivity index (χ0n) is 12.8. The number of aryl methyl sites for hydroxylation is 1. The first-order valence-electron chi connectivity index (χ1n) is 6.88. The molecular weight excluding hydrogens is 238 g/mol. The van der Waals surface area contributed by atoms with Crippen molar-refractivity contribution in [1.82, 2.24) is 9.97 Å². The predicted molar refractivity (Wildman–Crippen MR) is 81.7 cm³/mol. The van der Waals surface area contributed by atoms with Crippen LogP contribution < -0.4 is 16.0 Å². The molecule has 0 fully saturated rings. The highest BCUT2D eigenvalue weighted by Crippen LogP contribution is 2.18. The third-order valence-electron chi connectivity index (χ3n) is 3.08. The Bertz CT molecular complexity index is 403. The van der Waals surface area contributed by atoms with E-state index in [-0.39, 0.29) is 5.41 Å². The van der Waals surface area contributed by atoms with Crippen molar-refractivity contribution >= 4 is 11.6 Å². The van der Waals surface area contributed by atoms with Crippen molar-refractivity contribution in [3.63, 3.8) is 0 Å². The van der Waals surface area contributed by atoms with Crippen LogP contribution in [0.5, 0.6) is 0 Å². The fourth-order valence-corrected chi connectivity index (χ4v) is 1.69. The molecule has 0 aromatic carbocycles. The minimum atomic E-state index is 0.0638. The Morgan fingerprint density at radius 1 is 1.37 bits per heavy atom. The summed E-state index contributed by atoms with van der Waals surface area (Å²) in [5, 5.41) is 3.36. The Hall–Kier alpha value is -1.36. The van der Waals surface area contributed by atoms with Gasteiger partial charge in [0.2, 0.25) is 0 Å². The van der Waals surface area contributed by atoms with Gasteiger partial charge >= 0.3 is 0 Å². The molecule has 0 aliphatic rings. The van der Waals surface area contributed by atoms with Gasteiger partial charge < -0.3 is 16.0 Å². The number of nitrogens with zero attached hydrogens (tertiary/aromatic N) is 3. The van der Waals surface area contributed by atoms with Crippen LogP contribution in [0.1, 0.15) is 33.0 Å². The molecule has 0 spiro atoms. The smallest absolute Gasteiger partial charge is 0.134 e. The van der Waals surface area contributed by atoms with Crippen LogP contribution in [0.4, 0.5) is 11.6 Å². The molecule has 108 valence electrons. The van der Waals surface area contributed by atoms with Gasteiger partial charge in [0.1, 0.15) is 17.5 Å². The molecule has 5 nitrogen and oxygen atoms in total. The van der Waals surface area contributed by atoms with Crippen LogP contribution in [-0.4, -0.2) is 36.6 Å². The summed E-state index contributed by atoms with van der Waals surface area (Å²) in [5.74, 6) is 2.61. The molecule has 3 N–H and O–H groups in total. The van der Waals surface area contributed by atoms with Gasteiger partial charge in [0.15, 0.2) is 0 Å². The number of nitrogens with two attached hydrogens (primary N) is 1. The lowest BCUT2D eigenvalue weighted by Crippen LogP contribution is -2.31. The molecule has 0 amide bonds. The molecule has 0 saturated heterocycles. The van der Waals surface area contributed by atoms with E-state index in [4.69, 9.17) is 5.73 Å². The highest BCUT2D eigenvalue weighted by Gasteiger charge is 2.15. The van der Waals surface area contributed by atoms with E-state index in [1.807, 2.05) is 13.0 Å². The van der Waals surface area contributed by atoms with Crippen molar-refractivity contribution in [3.8, 4) is 0 Å². The Labute approximate surface area is 116 Å². The fourth-order valence-electron chi connectivity index (χ4n) is 1.69. The Morgan fingerprint density at radius 3 is 2.63 bits per heavy atom. The van der Waals surface area contributed by atoms with Crippen LogP contribution in [-0.2, 0) is 0 Å². The zero-order valence-corrected chi connectivity index (χ0v) is 12.8. The van der Waals surface area contributed by atoms with Crippen molar-refractivity contribution in [2.75, 3.05) is 36.9 Å². The van der Waals surface area contributed by atoms with Gasteiger partial charge in [0, 0.05) is 26.2 Å². The quantitative estimate of drug-likeness (QED) is 0.789. The summed E-state index contributed by atoms with van der Waals surface area (Å²) >= 11 is 0. The van der Waals surface area contributed by atoms with Gasteiger partial charge in [-0.05, 0) is 25.3 Å². The van der Waals surface area contributed by atoms with Gasteiger partial charge in [0.25, 0.3) is 0 Å².